The van der Waals surface area contributed by atoms with Crippen molar-refractivity contribution < 1.29 is 100 Å². The number of primary amides is 1. The van der Waals surface area contributed by atoms with E-state index in [1.165, 1.54) is 55.7 Å². The molecule has 38 nitrogen and oxygen atoms in total. The summed E-state index contributed by atoms with van der Waals surface area (Å²) < 4.78 is 50.0. The number of ether oxygens (including phenoxy) is 9. The van der Waals surface area contributed by atoms with E-state index in [0.717, 1.165) is 27.3 Å². The molecule has 1 fully saturated rings. The Bertz CT molecular complexity index is 3700. The number of amides is 12. The molecule has 6 rings (SSSR count). The monoisotopic (exact) mass is 1710 g/mol. The molecule has 0 bridgehead atoms. The molecule has 0 spiro atoms. The van der Waals surface area contributed by atoms with Gasteiger partial charge in [-0.1, -0.05) is 112 Å². The largest absolute Gasteiger partial charge is 0.449 e. The van der Waals surface area contributed by atoms with Crippen LogP contribution in [0.2, 0.25) is 0 Å². The topological polar surface area (TPSA) is 505 Å². The molecule has 15 N–H and O–H groups in total. The minimum absolute atomic E-state index is 0.0102. The lowest BCUT2D eigenvalue weighted by atomic mass is 9.98. The molecule has 0 radical (unpaired) electrons. The first-order chi connectivity index (χ1) is 57.1. The van der Waals surface area contributed by atoms with Crippen LogP contribution < -0.4 is 69.5 Å². The van der Waals surface area contributed by atoms with Gasteiger partial charge in [0, 0.05) is 88.7 Å². The second-order valence-corrected chi connectivity index (χ2v) is 30.7. The predicted octanol–water partition coefficient (Wildman–Crippen LogP) is -0.0283. The van der Waals surface area contributed by atoms with Crippen LogP contribution in [0.25, 0.3) is 11.1 Å². The van der Waals surface area contributed by atoms with Crippen LogP contribution in [0.15, 0.2) is 73.6 Å². The van der Waals surface area contributed by atoms with Crippen molar-refractivity contribution >= 4 is 92.7 Å². The summed E-state index contributed by atoms with van der Waals surface area (Å²) in [4.78, 5) is 165. The number of nitrogens with two attached hydrogens (primary N) is 1. The highest BCUT2D eigenvalue weighted by Crippen LogP contribution is 2.44. The fraction of sp³-hybridized carbons (Fsp3) is 0.620. The maximum absolute atomic E-state index is 13.7. The van der Waals surface area contributed by atoms with E-state index in [-0.39, 0.29) is 86.3 Å². The van der Waals surface area contributed by atoms with Gasteiger partial charge in [0.15, 0.2) is 0 Å². The molecule has 1 saturated heterocycles. The fourth-order valence-electron chi connectivity index (χ4n) is 11.6. The molecule has 1 aliphatic carbocycles. The molecule has 10 atom stereocenters. The zero-order valence-corrected chi connectivity index (χ0v) is 72.1. The van der Waals surface area contributed by atoms with Crippen molar-refractivity contribution in [3.63, 3.8) is 0 Å². The van der Waals surface area contributed by atoms with Crippen LogP contribution in [0, 0.1) is 11.8 Å². The summed E-state index contributed by atoms with van der Waals surface area (Å²) in [7, 11) is 10.4. The van der Waals surface area contributed by atoms with Gasteiger partial charge in [0.1, 0.15) is 61.0 Å². The highest BCUT2D eigenvalue weighted by Gasteiger charge is 2.36. The number of likely N-dealkylation sites (N-methyl/N-ethyl adjacent to an activating group) is 2. The molecule has 1 aliphatic heterocycles. The van der Waals surface area contributed by atoms with Gasteiger partial charge >= 0.3 is 6.09 Å². The van der Waals surface area contributed by atoms with E-state index >= 15 is 0 Å². The Labute approximate surface area is 703 Å². The molecule has 3 heterocycles. The number of nitrogens with one attached hydrogen (secondary N) is 13. The molecule has 4 aromatic rings. The summed E-state index contributed by atoms with van der Waals surface area (Å²) in [5, 5.41) is 31.8. The molecule has 40 heteroatoms. The summed E-state index contributed by atoms with van der Waals surface area (Å²) in [5.74, 6) is -6.71. The summed E-state index contributed by atoms with van der Waals surface area (Å²) >= 11 is 0. The lowest BCUT2D eigenvalue weighted by Crippen LogP contribution is -2.59. The third kappa shape index (κ3) is 37.9. The lowest BCUT2D eigenvalue weighted by Gasteiger charge is -2.27. The van der Waals surface area contributed by atoms with Gasteiger partial charge < -0.3 is 122 Å². The predicted molar refractivity (Wildman–Crippen MR) is 446 cm³/mol. The van der Waals surface area contributed by atoms with Crippen molar-refractivity contribution in [1.82, 2.24) is 83.3 Å². The van der Waals surface area contributed by atoms with Crippen molar-refractivity contribution in [3.8, 4) is 11.1 Å². The number of H-pyrrole nitrogens is 1. The van der Waals surface area contributed by atoms with Gasteiger partial charge in [-0.25, -0.2) is 14.8 Å². The fourth-order valence-corrected chi connectivity index (χ4v) is 13.9. The highest BCUT2D eigenvalue weighted by atomic mass is 33.1. The Kier molecular flexibility index (Phi) is 49.5. The van der Waals surface area contributed by atoms with Gasteiger partial charge in [-0.05, 0) is 67.8 Å². The smallest absolute Gasteiger partial charge is 0.406 e. The zero-order chi connectivity index (χ0) is 87.6. The van der Waals surface area contributed by atoms with E-state index in [4.69, 9.17) is 48.4 Å². The van der Waals surface area contributed by atoms with Crippen molar-refractivity contribution in [3.05, 3.63) is 96.1 Å². The van der Waals surface area contributed by atoms with Gasteiger partial charge in [-0.3, -0.25) is 52.7 Å². The standard InChI is InChI=1S/C38H66N8O14S2.C25H44N8O5.C16H15NO2/c1-26(2)33-38(52)45-30(34(39)48)23-61-62-24-31(37(51)44-29(21-28-22-40-25-41-28)36(50)42-27(3)35(49)46-33)43-32(47)5-6-54-9-10-56-13-14-58-17-18-60-20-19-59-16-15-57-12-11-55-8-7-53-4;1-9-17(26-6)23(36)31-19(11-16-12-28-13-33(16)8)24(37)29-15(5)21(34)32-20(14(3)4)25(38)30-18(10-2)22(35)27-7;1-17-16(18)19-10-15-13-8-4-2-6-11(13)12-7-3-5-9-14(12)15/h22,25-27,29-31,33H,5-21,23-24H2,1-4H3,(H2,39,48)(H,40,41)(H,42,50)(H,43,47)(H,44,51)(H,45,52)(H,46,49);12-15,17-20,26H,9-11H2,1-8H3,(H,27,35)(H,29,37)(H,30,38)(H,31,36)(H,32,34);2-9,15H,10H2,1H3,(H,17,18)/t27-,29-,30-,31-,33-;15-,17-,18-,19-,20-;/m00./s1. The second-order valence-electron chi connectivity index (χ2n) is 28.1. The number of carbonyl (C=O) groups excluding carboxylic acids is 12. The average molecular weight is 1710 g/mol. The Morgan fingerprint density at radius 2 is 1.12 bits per heavy atom. The molecule has 2 aromatic heterocycles. The van der Waals surface area contributed by atoms with E-state index in [0.29, 0.717) is 104 Å². The van der Waals surface area contributed by atoms with Crippen molar-refractivity contribution in [2.75, 3.05) is 145 Å². The van der Waals surface area contributed by atoms with E-state index in [1.807, 2.05) is 31.2 Å². The number of hydrogen-bond acceptors (Lipinski definition) is 26. The molecular weight excluding hydrogens is 1590 g/mol. The maximum atomic E-state index is 13.7. The third-order valence-corrected chi connectivity index (χ3v) is 20.9. The normalized spacial score (nSPS) is 17.7. The van der Waals surface area contributed by atoms with Gasteiger partial charge in [0.2, 0.25) is 65.0 Å². The van der Waals surface area contributed by atoms with Gasteiger partial charge in [-0.15, -0.1) is 0 Å². The Morgan fingerprint density at radius 3 is 1.61 bits per heavy atom. The van der Waals surface area contributed by atoms with E-state index in [1.54, 1.807) is 80.0 Å². The van der Waals surface area contributed by atoms with Crippen LogP contribution in [-0.4, -0.2) is 296 Å². The maximum Gasteiger partial charge on any atom is 0.406 e. The highest BCUT2D eigenvalue weighted by molar-refractivity contribution is 8.76. The number of hydrogen-bond donors (Lipinski definition) is 14. The first-order valence-electron chi connectivity index (χ1n) is 39.8. The summed E-state index contributed by atoms with van der Waals surface area (Å²) in [5.41, 5.74) is 11.8. The number of alkyl carbamates (subject to hydrolysis) is 1. The summed E-state index contributed by atoms with van der Waals surface area (Å²) in [6.07, 6.45) is 6.70. The van der Waals surface area contributed by atoms with Gasteiger partial charge in [0.25, 0.3) is 0 Å². The van der Waals surface area contributed by atoms with Crippen LogP contribution in [0.5, 0.6) is 0 Å². The molecule has 0 saturated carbocycles. The van der Waals surface area contributed by atoms with Gasteiger partial charge in [0.05, 0.1) is 118 Å². The number of aromatic amines is 1. The minimum Gasteiger partial charge on any atom is -0.449 e. The first-order valence-corrected chi connectivity index (χ1v) is 42.2. The molecule has 2 aromatic carbocycles. The molecule has 2 aliphatic rings. The summed E-state index contributed by atoms with van der Waals surface area (Å²) in [6.45, 7) is 19.9. The quantitative estimate of drug-likeness (QED) is 0.0204. The molecule has 664 valence electrons. The number of aromatic nitrogens is 4. The average Bonchev–Trinajstić information content (AvgIpc) is 1.62. The number of aryl methyl sites for hydroxylation is 1. The number of nitrogens with zero attached hydrogens (tertiary/aromatic N) is 3. The minimum atomic E-state index is -1.18. The number of rotatable bonds is 46. The first kappa shape index (κ1) is 102. The number of imidazole rings is 2. The van der Waals surface area contributed by atoms with Crippen LogP contribution in [0.3, 0.4) is 0 Å². The van der Waals surface area contributed by atoms with Crippen LogP contribution >= 0.6 is 21.6 Å². The van der Waals surface area contributed by atoms with Crippen molar-refractivity contribution in [1.29, 1.82) is 0 Å². The van der Waals surface area contributed by atoms with E-state index in [2.05, 4.69) is 103 Å². The van der Waals surface area contributed by atoms with Crippen molar-refractivity contribution in [2.45, 2.75) is 154 Å². The number of fused-ring (bicyclic) bond motifs is 3. The summed E-state index contributed by atoms with van der Waals surface area (Å²) in [6, 6.07) is 6.90. The number of carbonyl (C=O) groups is 12. The Morgan fingerprint density at radius 1 is 0.580 bits per heavy atom. The second kappa shape index (κ2) is 57.7. The molecular formula is C79H125N17O21S2. The molecule has 119 heavy (non-hydrogen) atoms. The Balaban J connectivity index is 0.000000435. The molecule has 12 amide bonds. The van der Waals surface area contributed by atoms with E-state index in [9.17, 15) is 57.5 Å². The van der Waals surface area contributed by atoms with Crippen LogP contribution in [0.1, 0.15) is 103 Å². The van der Waals surface area contributed by atoms with E-state index < -0.39 is 114 Å². The molecule has 0 unspecified atom stereocenters. The zero-order valence-electron chi connectivity index (χ0n) is 70.5. The lowest BCUT2D eigenvalue weighted by molar-refractivity contribution is -0.135. The number of benzene rings is 2. The van der Waals surface area contributed by atoms with Crippen LogP contribution in [-0.2, 0) is 115 Å². The third-order valence-electron chi connectivity index (χ3n) is 18.5. The number of methoxy groups -OCH3 is 1. The Hall–Kier alpha value is -9.36. The van der Waals surface area contributed by atoms with Crippen LogP contribution in [0.4, 0.5) is 4.79 Å². The van der Waals surface area contributed by atoms with Gasteiger partial charge in [-0.2, -0.15) is 0 Å². The van der Waals surface area contributed by atoms with Crippen molar-refractivity contribution in [2.24, 2.45) is 24.6 Å². The SMILES string of the molecule is CC[C@H](NC)C(=O)N[C@@H](Cc1cncn1C)C(=O)N[C@@H](C)C(=O)N[C@H](C(=O)N[C@@H](CC)C(=O)NC)C(C)C.CNC(=O)OCC1c2ccccc2-c2ccccc21.COCCOCCOCCOCCOCCOCCOCCOCCC(=O)N[C@H]1CSSC[C@@H](C(N)=O)NC(=O)[C@H](C(C)C)NC(=O)[C@H](C)NC(=O)[C@H](Cc2cnc[nH]2)NC1=O.